The van der Waals surface area contributed by atoms with Gasteiger partial charge in [-0.3, -0.25) is 19.1 Å². The Morgan fingerprint density at radius 3 is 2.29 bits per heavy atom. The van der Waals surface area contributed by atoms with Crippen LogP contribution in [0.25, 0.3) is 11.8 Å². The highest BCUT2D eigenvalue weighted by atomic mass is 32.2. The van der Waals surface area contributed by atoms with Gasteiger partial charge in [0.25, 0.3) is 5.56 Å². The summed E-state index contributed by atoms with van der Waals surface area (Å²) in [7, 11) is -1.70. The summed E-state index contributed by atoms with van der Waals surface area (Å²) in [6.45, 7) is 8.25. The maximum Gasteiger partial charge on any atom is 0.332 e. The third-order valence-electron chi connectivity index (χ3n) is 5.71. The van der Waals surface area contributed by atoms with Gasteiger partial charge in [0, 0.05) is 35.5 Å². The fourth-order valence-electron chi connectivity index (χ4n) is 4.03. The Balaban J connectivity index is 2.05. The molecule has 1 aliphatic rings. The largest absolute Gasteiger partial charge is 0.500 e. The molecule has 0 saturated heterocycles. The van der Waals surface area contributed by atoms with Gasteiger partial charge in [-0.05, 0) is 34.8 Å². The van der Waals surface area contributed by atoms with E-state index in [4.69, 9.17) is 4.74 Å². The molecular formula is C25H31N3O5S. The molecule has 2 unspecified atom stereocenters. The van der Waals surface area contributed by atoms with Crippen molar-refractivity contribution in [2.75, 3.05) is 18.1 Å². The van der Waals surface area contributed by atoms with Crippen molar-refractivity contribution in [1.29, 1.82) is 0 Å². The molecule has 3 rings (SSSR count). The lowest BCUT2D eigenvalue weighted by molar-refractivity contribution is 0.226. The summed E-state index contributed by atoms with van der Waals surface area (Å²) in [4.78, 5) is 26.5. The molecule has 2 aromatic rings. The number of rotatable bonds is 6. The molecule has 2 N–H and O–H groups in total. The van der Waals surface area contributed by atoms with Crippen LogP contribution in [0.15, 0.2) is 69.6 Å². The molecule has 0 fully saturated rings. The summed E-state index contributed by atoms with van der Waals surface area (Å²) in [5.74, 6) is 0.506. The number of aromatic amines is 1. The Hall–Kier alpha value is -3.33. The van der Waals surface area contributed by atoms with Gasteiger partial charge in [0.2, 0.25) is 10.0 Å². The molecular weight excluding hydrogens is 454 g/mol. The van der Waals surface area contributed by atoms with Crippen LogP contribution in [0.5, 0.6) is 0 Å². The van der Waals surface area contributed by atoms with E-state index in [0.717, 1.165) is 28.8 Å². The molecule has 34 heavy (non-hydrogen) atoms. The van der Waals surface area contributed by atoms with Crippen molar-refractivity contribution in [3.8, 4) is 0 Å². The van der Waals surface area contributed by atoms with E-state index in [1.807, 2.05) is 37.3 Å². The SMILES string of the molecule is COC1=C(C(C)(C)C)C=C(n2ccc(=O)[nH]c2=O)C(C)C1/C=C/c1ccc(NS(C)(=O)=O)cc1. The average molecular weight is 486 g/mol. The lowest BCUT2D eigenvalue weighted by Crippen LogP contribution is -2.34. The van der Waals surface area contributed by atoms with E-state index in [-0.39, 0.29) is 17.3 Å². The molecule has 9 heteroatoms. The molecule has 1 heterocycles. The minimum atomic E-state index is -3.34. The lowest BCUT2D eigenvalue weighted by Gasteiger charge is -2.36. The number of allylic oxidation sites excluding steroid dienone is 4. The lowest BCUT2D eigenvalue weighted by atomic mass is 9.74. The van der Waals surface area contributed by atoms with Crippen molar-refractivity contribution in [3.63, 3.8) is 0 Å². The number of sulfonamides is 1. The Bertz CT molecular complexity index is 1370. The van der Waals surface area contributed by atoms with Crippen molar-refractivity contribution >= 4 is 27.5 Å². The van der Waals surface area contributed by atoms with Gasteiger partial charge in [-0.1, -0.05) is 52.0 Å². The molecule has 0 amide bonds. The van der Waals surface area contributed by atoms with Gasteiger partial charge in [-0.25, -0.2) is 13.2 Å². The van der Waals surface area contributed by atoms with Gasteiger partial charge in [-0.2, -0.15) is 0 Å². The number of hydrogen-bond donors (Lipinski definition) is 2. The first-order valence-electron chi connectivity index (χ1n) is 10.9. The van der Waals surface area contributed by atoms with E-state index < -0.39 is 21.3 Å². The standard InChI is InChI=1S/C25H31N3O5S/c1-16-19(12-9-17-7-10-18(11-8-17)27-34(6,31)32)23(33-5)20(25(2,3)4)15-21(16)28-14-13-22(29)26-24(28)30/h7-16,19,27H,1-6H3,(H,26,29,30)/b12-9+. The van der Waals surface area contributed by atoms with Crippen LogP contribution in [-0.4, -0.2) is 31.3 Å². The van der Waals surface area contributed by atoms with Crippen molar-refractivity contribution in [2.45, 2.75) is 27.7 Å². The zero-order valence-corrected chi connectivity index (χ0v) is 21.1. The molecule has 2 atom stereocenters. The quantitative estimate of drug-likeness (QED) is 0.649. The predicted molar refractivity (Wildman–Crippen MR) is 136 cm³/mol. The number of methoxy groups -OCH3 is 1. The zero-order valence-electron chi connectivity index (χ0n) is 20.2. The Morgan fingerprint density at radius 2 is 1.76 bits per heavy atom. The summed E-state index contributed by atoms with van der Waals surface area (Å²) in [6.07, 6.45) is 8.55. The number of aromatic nitrogens is 2. The topological polar surface area (TPSA) is 110 Å². The molecule has 8 nitrogen and oxygen atoms in total. The van der Waals surface area contributed by atoms with Gasteiger partial charge in [0.1, 0.15) is 5.76 Å². The number of ether oxygens (including phenoxy) is 1. The van der Waals surface area contributed by atoms with Crippen molar-refractivity contribution in [1.82, 2.24) is 9.55 Å². The van der Waals surface area contributed by atoms with Crippen molar-refractivity contribution in [2.24, 2.45) is 17.3 Å². The van der Waals surface area contributed by atoms with Crippen LogP contribution >= 0.6 is 0 Å². The third-order valence-corrected chi connectivity index (χ3v) is 6.31. The number of H-pyrrole nitrogens is 1. The third kappa shape index (κ3) is 5.77. The fraction of sp³-hybridized carbons (Fsp3) is 0.360. The fourth-order valence-corrected chi connectivity index (χ4v) is 4.59. The van der Waals surface area contributed by atoms with E-state index in [1.54, 1.807) is 19.2 Å². The van der Waals surface area contributed by atoms with E-state index in [9.17, 15) is 18.0 Å². The minimum absolute atomic E-state index is 0.132. The maximum atomic E-state index is 12.6. The van der Waals surface area contributed by atoms with Gasteiger partial charge in [0.15, 0.2) is 0 Å². The number of nitrogens with one attached hydrogen (secondary N) is 2. The second-order valence-corrected chi connectivity index (χ2v) is 11.2. The van der Waals surface area contributed by atoms with Crippen molar-refractivity contribution < 1.29 is 13.2 Å². The van der Waals surface area contributed by atoms with Crippen molar-refractivity contribution in [3.05, 3.63) is 86.4 Å². The average Bonchev–Trinajstić information content (AvgIpc) is 2.72. The minimum Gasteiger partial charge on any atom is -0.500 e. The van der Waals surface area contributed by atoms with Crippen LogP contribution in [0.4, 0.5) is 5.69 Å². The van der Waals surface area contributed by atoms with Gasteiger partial charge >= 0.3 is 5.69 Å². The van der Waals surface area contributed by atoms with E-state index in [2.05, 4.69) is 30.5 Å². The highest BCUT2D eigenvalue weighted by molar-refractivity contribution is 7.92. The number of anilines is 1. The van der Waals surface area contributed by atoms with Gasteiger partial charge in [-0.15, -0.1) is 0 Å². The number of benzene rings is 1. The number of nitrogens with zero attached hydrogens (tertiary/aromatic N) is 1. The van der Waals surface area contributed by atoms with E-state index in [1.165, 1.54) is 16.8 Å². The zero-order chi connectivity index (χ0) is 25.3. The van der Waals surface area contributed by atoms with Crippen LogP contribution in [0.3, 0.4) is 0 Å². The summed E-state index contributed by atoms with van der Waals surface area (Å²) >= 11 is 0. The molecule has 0 aliphatic heterocycles. The Kier molecular flexibility index (Phi) is 7.07. The molecule has 182 valence electrons. The van der Waals surface area contributed by atoms with Crippen LogP contribution in [-0.2, 0) is 14.8 Å². The van der Waals surface area contributed by atoms with E-state index in [0.29, 0.717) is 5.69 Å². The van der Waals surface area contributed by atoms with E-state index >= 15 is 0 Å². The normalized spacial score (nSPS) is 19.3. The summed E-state index contributed by atoms with van der Waals surface area (Å²) in [5.41, 5.74) is 1.90. The Labute approximate surface area is 199 Å². The van der Waals surface area contributed by atoms with Crippen LogP contribution in [0.1, 0.15) is 33.3 Å². The molecule has 0 bridgehead atoms. The van der Waals surface area contributed by atoms with Crippen LogP contribution in [0.2, 0.25) is 0 Å². The highest BCUT2D eigenvalue weighted by Crippen LogP contribution is 2.43. The molecule has 1 aliphatic carbocycles. The Morgan fingerprint density at radius 1 is 1.12 bits per heavy atom. The highest BCUT2D eigenvalue weighted by Gasteiger charge is 2.35. The molecule has 1 aromatic heterocycles. The maximum absolute atomic E-state index is 12.6. The summed E-state index contributed by atoms with van der Waals surface area (Å²) < 4.78 is 32.7. The van der Waals surface area contributed by atoms with Gasteiger partial charge in [0.05, 0.1) is 13.4 Å². The summed E-state index contributed by atoms with van der Waals surface area (Å²) in [5, 5.41) is 0. The molecule has 1 aromatic carbocycles. The van der Waals surface area contributed by atoms with Crippen LogP contribution in [0, 0.1) is 17.3 Å². The molecule has 0 saturated carbocycles. The van der Waals surface area contributed by atoms with Crippen LogP contribution < -0.4 is 16.0 Å². The summed E-state index contributed by atoms with van der Waals surface area (Å²) in [6, 6.07) is 8.37. The molecule has 0 radical (unpaired) electrons. The smallest absolute Gasteiger partial charge is 0.332 e. The number of hydrogen-bond acceptors (Lipinski definition) is 5. The second-order valence-electron chi connectivity index (χ2n) is 9.45. The van der Waals surface area contributed by atoms with Gasteiger partial charge < -0.3 is 4.74 Å². The molecule has 0 spiro atoms. The first-order chi connectivity index (χ1) is 15.8. The monoisotopic (exact) mass is 485 g/mol. The first kappa shape index (κ1) is 25.3. The second kappa shape index (κ2) is 9.50. The predicted octanol–water partition coefficient (Wildman–Crippen LogP) is 3.67. The first-order valence-corrected chi connectivity index (χ1v) is 12.8.